The predicted molar refractivity (Wildman–Crippen MR) is 72.0 cm³/mol. The summed E-state index contributed by atoms with van der Waals surface area (Å²) >= 11 is 0. The number of H-pyrrole nitrogens is 1. The largest absolute Gasteiger partial charge is 0.419 e. The molecule has 112 valence electrons. The van der Waals surface area contributed by atoms with Gasteiger partial charge in [0, 0.05) is 11.6 Å². The van der Waals surface area contributed by atoms with Gasteiger partial charge in [-0.1, -0.05) is 24.3 Å². The highest BCUT2D eigenvalue weighted by Crippen LogP contribution is 2.55. The smallest absolute Gasteiger partial charge is 0.282 e. The summed E-state index contributed by atoms with van der Waals surface area (Å²) < 4.78 is 38.8. The fourth-order valence-corrected chi connectivity index (χ4v) is 2.68. The zero-order valence-electron chi connectivity index (χ0n) is 11.7. The summed E-state index contributed by atoms with van der Waals surface area (Å²) in [6.07, 6.45) is 1.26. The summed E-state index contributed by atoms with van der Waals surface area (Å²) in [5, 5.41) is 15.3. The lowest BCUT2D eigenvalue weighted by Crippen LogP contribution is -2.20. The molecule has 1 aliphatic rings. The van der Waals surface area contributed by atoms with Gasteiger partial charge in [-0.2, -0.15) is 23.5 Å². The van der Waals surface area contributed by atoms with Crippen molar-refractivity contribution in [2.24, 2.45) is 11.3 Å². The Kier molecular flexibility index (Phi) is 3.95. The first kappa shape index (κ1) is 15.4. The van der Waals surface area contributed by atoms with Gasteiger partial charge in [0.2, 0.25) is 0 Å². The van der Waals surface area contributed by atoms with Crippen molar-refractivity contribution in [3.8, 4) is 6.07 Å². The van der Waals surface area contributed by atoms with Gasteiger partial charge in [-0.05, 0) is 26.2 Å². The number of halogens is 3. The molecule has 2 rings (SSSR count). The van der Waals surface area contributed by atoms with Crippen molar-refractivity contribution >= 4 is 0 Å². The summed E-state index contributed by atoms with van der Waals surface area (Å²) in [6.45, 7) is 5.43. The number of hydrogen-bond donors (Lipinski definition) is 1. The van der Waals surface area contributed by atoms with E-state index in [1.807, 2.05) is 6.92 Å². The van der Waals surface area contributed by atoms with Crippen LogP contribution in [-0.2, 0) is 12.6 Å². The molecule has 0 amide bonds. The van der Waals surface area contributed by atoms with Crippen LogP contribution in [0.1, 0.15) is 31.0 Å². The maximum Gasteiger partial charge on any atom is 0.419 e. The Hall–Kier alpha value is -2.03. The maximum atomic E-state index is 12.9. The van der Waals surface area contributed by atoms with Crippen LogP contribution in [0.25, 0.3) is 0 Å². The Morgan fingerprint density at radius 2 is 2.29 bits per heavy atom. The van der Waals surface area contributed by atoms with Crippen molar-refractivity contribution < 1.29 is 13.2 Å². The quantitative estimate of drug-likeness (QED) is 0.834. The van der Waals surface area contributed by atoms with Crippen LogP contribution in [0.15, 0.2) is 30.5 Å². The molecule has 0 radical (unpaired) electrons. The minimum absolute atomic E-state index is 0.0332. The molecule has 0 unspecified atom stereocenters. The fourth-order valence-electron chi connectivity index (χ4n) is 2.68. The second kappa shape index (κ2) is 5.40. The Bertz CT molecular complexity index is 600. The van der Waals surface area contributed by atoms with Crippen molar-refractivity contribution in [2.75, 3.05) is 0 Å². The molecule has 3 nitrogen and oxygen atoms in total. The third kappa shape index (κ3) is 3.02. The number of aromatic amines is 1. The molecule has 1 aromatic rings. The van der Waals surface area contributed by atoms with Gasteiger partial charge in [-0.15, -0.1) is 0 Å². The van der Waals surface area contributed by atoms with Crippen molar-refractivity contribution in [1.29, 1.82) is 5.26 Å². The van der Waals surface area contributed by atoms with Crippen molar-refractivity contribution in [3.05, 3.63) is 41.8 Å². The minimum Gasteiger partial charge on any atom is -0.282 e. The zero-order chi connectivity index (χ0) is 15.7. The monoisotopic (exact) mass is 295 g/mol. The fraction of sp³-hybridized carbons (Fsp3) is 0.467. The number of rotatable bonds is 5. The zero-order valence-corrected chi connectivity index (χ0v) is 11.7. The molecule has 1 saturated carbocycles. The second-order valence-electron chi connectivity index (χ2n) is 5.43. The van der Waals surface area contributed by atoms with E-state index in [-0.39, 0.29) is 18.0 Å². The van der Waals surface area contributed by atoms with Crippen molar-refractivity contribution in [2.45, 2.75) is 32.4 Å². The van der Waals surface area contributed by atoms with Gasteiger partial charge in [0.15, 0.2) is 0 Å². The lowest BCUT2D eigenvalue weighted by Gasteiger charge is -2.22. The van der Waals surface area contributed by atoms with Gasteiger partial charge in [0.1, 0.15) is 0 Å². The van der Waals surface area contributed by atoms with Crippen LogP contribution >= 0.6 is 0 Å². The Morgan fingerprint density at radius 1 is 1.62 bits per heavy atom. The molecule has 0 saturated heterocycles. The molecule has 6 heteroatoms. The molecule has 1 fully saturated rings. The van der Waals surface area contributed by atoms with Gasteiger partial charge >= 0.3 is 6.18 Å². The molecule has 1 aromatic heterocycles. The second-order valence-corrected chi connectivity index (χ2v) is 5.43. The number of aromatic nitrogens is 2. The molecule has 0 aliphatic heterocycles. The first-order valence-electron chi connectivity index (χ1n) is 6.64. The van der Waals surface area contributed by atoms with Gasteiger partial charge in [0.25, 0.3) is 0 Å². The Balaban J connectivity index is 2.34. The van der Waals surface area contributed by atoms with E-state index in [2.05, 4.69) is 22.8 Å². The SMILES string of the molecule is C=C/C=C(\C)[C@@H](Cc1[nH]ncc1C(F)(F)F)C1(C#N)CC1. The van der Waals surface area contributed by atoms with Gasteiger partial charge in [-0.3, -0.25) is 5.10 Å². The van der Waals surface area contributed by atoms with Crippen molar-refractivity contribution in [3.63, 3.8) is 0 Å². The summed E-state index contributed by atoms with van der Waals surface area (Å²) in [6, 6.07) is 2.27. The van der Waals surface area contributed by atoms with E-state index in [1.54, 1.807) is 12.2 Å². The van der Waals surface area contributed by atoms with Crippen LogP contribution in [0.5, 0.6) is 0 Å². The molecule has 0 spiro atoms. The van der Waals surface area contributed by atoms with Crippen LogP contribution in [0.2, 0.25) is 0 Å². The van der Waals surface area contributed by atoms with E-state index < -0.39 is 17.2 Å². The third-order valence-corrected chi connectivity index (χ3v) is 4.04. The maximum absolute atomic E-state index is 12.9. The van der Waals surface area contributed by atoms with Crippen LogP contribution in [0.3, 0.4) is 0 Å². The average molecular weight is 295 g/mol. The molecule has 0 aromatic carbocycles. The molecule has 1 aliphatic carbocycles. The topological polar surface area (TPSA) is 52.5 Å². The van der Waals surface area contributed by atoms with Crippen LogP contribution in [0.4, 0.5) is 13.2 Å². The molecular weight excluding hydrogens is 279 g/mol. The highest BCUT2D eigenvalue weighted by atomic mass is 19.4. The predicted octanol–water partition coefficient (Wildman–Crippen LogP) is 4.02. The number of alkyl halides is 3. The highest BCUT2D eigenvalue weighted by Gasteiger charge is 2.51. The van der Waals surface area contributed by atoms with Crippen LogP contribution in [0, 0.1) is 22.7 Å². The summed E-state index contributed by atoms with van der Waals surface area (Å²) in [7, 11) is 0. The average Bonchev–Trinajstić information content (AvgIpc) is 3.05. The lowest BCUT2D eigenvalue weighted by molar-refractivity contribution is -0.138. The van der Waals surface area contributed by atoms with Crippen molar-refractivity contribution in [1.82, 2.24) is 10.2 Å². The number of hydrogen-bond acceptors (Lipinski definition) is 2. The van der Waals surface area contributed by atoms with Gasteiger partial charge in [-0.25, -0.2) is 0 Å². The first-order chi connectivity index (χ1) is 9.84. The Labute approximate surface area is 121 Å². The molecule has 21 heavy (non-hydrogen) atoms. The van der Waals surface area contributed by atoms with Crippen LogP contribution < -0.4 is 0 Å². The van der Waals surface area contributed by atoms with Crippen LogP contribution in [-0.4, -0.2) is 10.2 Å². The van der Waals surface area contributed by atoms with E-state index in [0.717, 1.165) is 11.8 Å². The summed E-state index contributed by atoms with van der Waals surface area (Å²) in [5.74, 6) is -0.262. The van der Waals surface area contributed by atoms with Gasteiger partial charge < -0.3 is 0 Å². The molecule has 1 N–H and O–H groups in total. The van der Waals surface area contributed by atoms with E-state index >= 15 is 0 Å². The molecule has 1 heterocycles. The minimum atomic E-state index is -4.44. The normalized spacial score (nSPS) is 18.9. The summed E-state index contributed by atoms with van der Waals surface area (Å²) in [4.78, 5) is 0. The van der Waals surface area contributed by atoms with E-state index in [1.165, 1.54) is 0 Å². The number of nitrogens with one attached hydrogen (secondary N) is 1. The van der Waals surface area contributed by atoms with Gasteiger partial charge in [0.05, 0.1) is 23.2 Å². The lowest BCUT2D eigenvalue weighted by atomic mass is 9.80. The molecule has 0 bridgehead atoms. The molecule has 1 atom stereocenters. The standard InChI is InChI=1S/C15H16F3N3/c1-3-4-10(2)11(14(9-19)5-6-14)7-13-12(8-20-21-13)15(16,17)18/h3-4,8,11H,1,5-7H2,2H3,(H,20,21)/b10-4+/t11-/m1/s1. The van der Waals surface area contributed by atoms with E-state index in [0.29, 0.717) is 12.8 Å². The third-order valence-electron chi connectivity index (χ3n) is 4.04. The summed E-state index contributed by atoms with van der Waals surface area (Å²) in [5.41, 5.74) is -0.414. The first-order valence-corrected chi connectivity index (χ1v) is 6.64. The number of nitriles is 1. The molecular formula is C15H16F3N3. The van der Waals surface area contributed by atoms with E-state index in [9.17, 15) is 18.4 Å². The van der Waals surface area contributed by atoms with E-state index in [4.69, 9.17) is 0 Å². The number of allylic oxidation sites excluding steroid dienone is 3. The highest BCUT2D eigenvalue weighted by molar-refractivity contribution is 5.29. The number of nitrogens with zero attached hydrogens (tertiary/aromatic N) is 2. The Morgan fingerprint density at radius 3 is 2.76 bits per heavy atom.